The third-order valence-corrected chi connectivity index (χ3v) is 7.68. The number of aliphatic hydroxyl groups is 1. The lowest BCUT2D eigenvalue weighted by atomic mass is 9.93. The van der Waals surface area contributed by atoms with Crippen molar-refractivity contribution in [1.82, 2.24) is 4.90 Å². The molecule has 3 N–H and O–H groups in total. The maximum Gasteiger partial charge on any atom is 0.271 e. The van der Waals surface area contributed by atoms with Crippen molar-refractivity contribution in [3.63, 3.8) is 0 Å². The van der Waals surface area contributed by atoms with E-state index in [-0.39, 0.29) is 54.9 Å². The fourth-order valence-corrected chi connectivity index (χ4v) is 6.17. The molecule has 1 unspecified atom stereocenters. The van der Waals surface area contributed by atoms with Crippen molar-refractivity contribution < 1.29 is 23.2 Å². The Balaban J connectivity index is 1.77. The number of nitrogens with zero attached hydrogens (tertiary/aromatic N) is 2. The number of carbonyl (C=O) groups excluding carboxylic acids is 1. The Morgan fingerprint density at radius 1 is 1.13 bits per heavy atom. The van der Waals surface area contributed by atoms with Crippen LogP contribution in [0.2, 0.25) is 0 Å². The summed E-state index contributed by atoms with van der Waals surface area (Å²) in [5.74, 6) is -0.106. The molecular formula is C20H30N4O6S. The van der Waals surface area contributed by atoms with E-state index in [9.17, 15) is 23.3 Å². The molecule has 0 radical (unpaired) electrons. The number of benzene rings is 1. The number of rotatable bonds is 9. The molecule has 1 aromatic rings. The van der Waals surface area contributed by atoms with Gasteiger partial charge in [-0.05, 0) is 25.3 Å². The van der Waals surface area contributed by atoms with Crippen LogP contribution in [0.15, 0.2) is 18.2 Å². The third-order valence-electron chi connectivity index (χ3n) is 5.93. The Labute approximate surface area is 182 Å². The van der Waals surface area contributed by atoms with E-state index in [0.29, 0.717) is 17.8 Å². The number of hydrogen-bond donors (Lipinski definition) is 3. The number of amides is 1. The molecule has 1 amide bonds. The lowest BCUT2D eigenvalue weighted by molar-refractivity contribution is -0.384. The molecule has 1 aliphatic heterocycles. The van der Waals surface area contributed by atoms with Crippen LogP contribution in [0, 0.1) is 10.1 Å². The largest absolute Gasteiger partial charge is 0.395 e. The zero-order valence-corrected chi connectivity index (χ0v) is 18.3. The van der Waals surface area contributed by atoms with Gasteiger partial charge in [-0.1, -0.05) is 19.3 Å². The van der Waals surface area contributed by atoms with Crippen LogP contribution in [-0.2, 0) is 14.6 Å². The Bertz CT molecular complexity index is 901. The number of nitro benzene ring substituents is 1. The molecule has 0 bridgehead atoms. The fraction of sp³-hybridized carbons (Fsp3) is 0.650. The van der Waals surface area contributed by atoms with Crippen molar-refractivity contribution in [3.8, 4) is 0 Å². The summed E-state index contributed by atoms with van der Waals surface area (Å²) in [6, 6.07) is 3.93. The maximum absolute atomic E-state index is 13.2. The van der Waals surface area contributed by atoms with E-state index >= 15 is 0 Å². The lowest BCUT2D eigenvalue weighted by Crippen LogP contribution is -2.50. The summed E-state index contributed by atoms with van der Waals surface area (Å²) in [5, 5.41) is 26.2. The van der Waals surface area contributed by atoms with Crippen molar-refractivity contribution in [2.24, 2.45) is 0 Å². The molecule has 1 aromatic carbocycles. The van der Waals surface area contributed by atoms with Gasteiger partial charge in [0.05, 0.1) is 41.0 Å². The Hall–Kier alpha value is -2.40. The highest BCUT2D eigenvalue weighted by Crippen LogP contribution is 2.30. The van der Waals surface area contributed by atoms with Crippen molar-refractivity contribution in [2.75, 3.05) is 41.8 Å². The van der Waals surface area contributed by atoms with E-state index in [1.54, 1.807) is 4.90 Å². The van der Waals surface area contributed by atoms with Gasteiger partial charge in [0.2, 0.25) is 5.91 Å². The van der Waals surface area contributed by atoms with Crippen LogP contribution in [-0.4, -0.2) is 72.5 Å². The fourth-order valence-electron chi connectivity index (χ4n) is 4.46. The van der Waals surface area contributed by atoms with Crippen LogP contribution in [0.25, 0.3) is 0 Å². The number of sulfone groups is 1. The first kappa shape index (κ1) is 23.3. The second-order valence-corrected chi connectivity index (χ2v) is 10.4. The van der Waals surface area contributed by atoms with Gasteiger partial charge in [-0.3, -0.25) is 14.9 Å². The van der Waals surface area contributed by atoms with Gasteiger partial charge in [0, 0.05) is 30.8 Å². The van der Waals surface area contributed by atoms with E-state index in [1.807, 2.05) is 0 Å². The number of nitro groups is 1. The average molecular weight is 455 g/mol. The van der Waals surface area contributed by atoms with Gasteiger partial charge in [0.15, 0.2) is 9.84 Å². The zero-order chi connectivity index (χ0) is 22.4. The number of non-ortho nitro benzene ring substituents is 1. The molecule has 172 valence electrons. The van der Waals surface area contributed by atoms with E-state index in [0.717, 1.165) is 32.1 Å². The van der Waals surface area contributed by atoms with E-state index in [2.05, 4.69) is 10.6 Å². The van der Waals surface area contributed by atoms with E-state index in [1.165, 1.54) is 18.2 Å². The summed E-state index contributed by atoms with van der Waals surface area (Å²) in [7, 11) is -3.13. The minimum atomic E-state index is -3.13. The molecule has 0 spiro atoms. The molecular weight excluding hydrogens is 424 g/mol. The van der Waals surface area contributed by atoms with Gasteiger partial charge in [0.1, 0.15) is 0 Å². The molecule has 31 heavy (non-hydrogen) atoms. The quantitative estimate of drug-likeness (QED) is 0.378. The number of anilines is 2. The van der Waals surface area contributed by atoms with Gasteiger partial charge in [-0.15, -0.1) is 0 Å². The molecule has 2 fully saturated rings. The molecule has 2 aliphatic rings. The van der Waals surface area contributed by atoms with Crippen LogP contribution < -0.4 is 10.6 Å². The summed E-state index contributed by atoms with van der Waals surface area (Å²) in [5.41, 5.74) is 0.814. The second kappa shape index (κ2) is 10.3. The molecule has 1 saturated heterocycles. The molecule has 0 aromatic heterocycles. The zero-order valence-electron chi connectivity index (χ0n) is 17.5. The number of aliphatic hydroxyl groups excluding tert-OH is 1. The minimum absolute atomic E-state index is 0.00461. The smallest absolute Gasteiger partial charge is 0.271 e. The minimum Gasteiger partial charge on any atom is -0.395 e. The Morgan fingerprint density at radius 2 is 1.87 bits per heavy atom. The predicted molar refractivity (Wildman–Crippen MR) is 118 cm³/mol. The normalized spacial score (nSPS) is 20.9. The molecule has 1 heterocycles. The number of carbonyl (C=O) groups is 1. The standard InChI is InChI=1S/C20H30N4O6S/c25-10-9-21-18-7-6-16(24(27)28)12-19(18)22-13-20(26)23(15-4-2-1-3-5-15)17-8-11-31(29,30)14-17/h6-7,12,15,17,21-22,25H,1-5,8-11,13-14H2. The van der Waals surface area contributed by atoms with Crippen LogP contribution in [0.4, 0.5) is 17.1 Å². The van der Waals surface area contributed by atoms with Crippen molar-refractivity contribution in [2.45, 2.75) is 50.6 Å². The van der Waals surface area contributed by atoms with Crippen LogP contribution in [0.1, 0.15) is 38.5 Å². The van der Waals surface area contributed by atoms with Gasteiger partial charge >= 0.3 is 0 Å². The number of nitrogens with one attached hydrogen (secondary N) is 2. The SMILES string of the molecule is O=C(CNc1cc([N+](=O)[O-])ccc1NCCO)N(C1CCCCC1)C1CCS(=O)(=O)C1. The first-order valence-corrected chi connectivity index (χ1v) is 12.5. The lowest BCUT2D eigenvalue weighted by Gasteiger charge is -2.38. The first-order valence-electron chi connectivity index (χ1n) is 10.7. The highest BCUT2D eigenvalue weighted by atomic mass is 32.2. The molecule has 10 nitrogen and oxygen atoms in total. The van der Waals surface area contributed by atoms with Crippen LogP contribution in [0.5, 0.6) is 0 Å². The maximum atomic E-state index is 13.2. The first-order chi connectivity index (χ1) is 14.8. The predicted octanol–water partition coefficient (Wildman–Crippen LogP) is 1.76. The van der Waals surface area contributed by atoms with Gasteiger partial charge in [-0.2, -0.15) is 0 Å². The highest BCUT2D eigenvalue weighted by Gasteiger charge is 2.38. The summed E-state index contributed by atoms with van der Waals surface area (Å²) in [4.78, 5) is 25.6. The van der Waals surface area contributed by atoms with Gasteiger partial charge in [-0.25, -0.2) is 8.42 Å². The number of hydrogen-bond acceptors (Lipinski definition) is 8. The summed E-state index contributed by atoms with van der Waals surface area (Å²) >= 11 is 0. The van der Waals surface area contributed by atoms with Crippen LogP contribution >= 0.6 is 0 Å². The van der Waals surface area contributed by atoms with E-state index in [4.69, 9.17) is 5.11 Å². The highest BCUT2D eigenvalue weighted by molar-refractivity contribution is 7.91. The summed E-state index contributed by atoms with van der Waals surface area (Å²) < 4.78 is 24.1. The molecule has 3 rings (SSSR count). The van der Waals surface area contributed by atoms with Crippen molar-refractivity contribution in [1.29, 1.82) is 0 Å². The Morgan fingerprint density at radius 3 is 2.48 bits per heavy atom. The van der Waals surface area contributed by atoms with Gasteiger partial charge < -0.3 is 20.6 Å². The molecule has 11 heteroatoms. The van der Waals surface area contributed by atoms with Crippen molar-refractivity contribution in [3.05, 3.63) is 28.3 Å². The average Bonchev–Trinajstić information content (AvgIpc) is 3.10. The van der Waals surface area contributed by atoms with Crippen molar-refractivity contribution >= 4 is 32.8 Å². The molecule has 1 aliphatic carbocycles. The Kier molecular flexibility index (Phi) is 7.71. The van der Waals surface area contributed by atoms with Crippen LogP contribution in [0.3, 0.4) is 0 Å². The van der Waals surface area contributed by atoms with E-state index < -0.39 is 14.8 Å². The molecule has 1 saturated carbocycles. The van der Waals surface area contributed by atoms with Gasteiger partial charge in [0.25, 0.3) is 5.69 Å². The summed E-state index contributed by atoms with van der Waals surface area (Å²) in [6.45, 7) is 0.0531. The summed E-state index contributed by atoms with van der Waals surface area (Å²) in [6.07, 6.45) is 5.33. The topological polar surface area (TPSA) is 142 Å². The second-order valence-electron chi connectivity index (χ2n) is 8.14. The monoisotopic (exact) mass is 454 g/mol. The molecule has 1 atom stereocenters. The third kappa shape index (κ3) is 6.07.